The number of halogens is 3. The minimum absolute atomic E-state index is 0.297. The second-order valence-electron chi connectivity index (χ2n) is 1.65. The maximum Gasteiger partial charge on any atom is 0.139 e. The van der Waals surface area contributed by atoms with Crippen LogP contribution in [0.3, 0.4) is 0 Å². The van der Waals surface area contributed by atoms with Gasteiger partial charge >= 0.3 is 0 Å². The molecule has 0 amide bonds. The lowest BCUT2D eigenvalue weighted by molar-refractivity contribution is 0.601. The molecule has 0 bridgehead atoms. The number of hydrogen-bond acceptors (Lipinski definition) is 1. The third-order valence-electron chi connectivity index (χ3n) is 0.977. The molecule has 0 aliphatic rings. The Labute approximate surface area is 75.4 Å². The first-order chi connectivity index (χ1) is 4.74. The van der Waals surface area contributed by atoms with Crippen molar-refractivity contribution in [2.75, 3.05) is 0 Å². The maximum absolute atomic E-state index is 12.7. The van der Waals surface area contributed by atoms with Crippen LogP contribution in [-0.2, 0) is 0 Å². The first kappa shape index (κ1) is 8.37. The summed E-state index contributed by atoms with van der Waals surface area (Å²) in [5.41, 5.74) is 0. The fraction of sp³-hybridized carbons (Fsp3) is 0. The fourth-order valence-electron chi connectivity index (χ4n) is 0.538. The van der Waals surface area contributed by atoms with Crippen molar-refractivity contribution < 1.29 is 4.39 Å². The number of benzene rings is 1. The van der Waals surface area contributed by atoms with E-state index in [9.17, 15) is 4.39 Å². The molecule has 0 nitrogen and oxygen atoms in total. The highest BCUT2D eigenvalue weighted by Gasteiger charge is 2.00. The van der Waals surface area contributed by atoms with Crippen molar-refractivity contribution in [2.45, 2.75) is 4.90 Å². The molecule has 4 heteroatoms. The van der Waals surface area contributed by atoms with Gasteiger partial charge in [0.05, 0.1) is 4.90 Å². The van der Waals surface area contributed by atoms with Crippen molar-refractivity contribution >= 4 is 37.6 Å². The molecule has 0 atom stereocenters. The van der Waals surface area contributed by atoms with Gasteiger partial charge in [0.1, 0.15) is 5.82 Å². The Bertz CT molecular complexity index is 241. The van der Waals surface area contributed by atoms with E-state index < -0.39 is 0 Å². The highest BCUT2D eigenvalue weighted by Crippen LogP contribution is 2.26. The maximum atomic E-state index is 12.7. The second kappa shape index (κ2) is 3.60. The highest BCUT2D eigenvalue weighted by molar-refractivity contribution is 9.10. The van der Waals surface area contributed by atoms with Crippen LogP contribution in [0.5, 0.6) is 0 Å². The first-order valence-electron chi connectivity index (χ1n) is 2.47. The molecule has 1 rings (SSSR count). The summed E-state index contributed by atoms with van der Waals surface area (Å²) in [5.74, 6) is -0.297. The molecule has 0 saturated carbocycles. The zero-order valence-electron chi connectivity index (χ0n) is 4.77. The molecule has 0 aliphatic heterocycles. The number of rotatable bonds is 1. The monoisotopic (exact) mass is 240 g/mol. The zero-order chi connectivity index (χ0) is 7.56. The molecule has 0 N–H and O–H groups in total. The van der Waals surface area contributed by atoms with E-state index in [1.54, 1.807) is 12.1 Å². The third-order valence-corrected chi connectivity index (χ3v) is 2.47. The average molecular weight is 242 g/mol. The van der Waals surface area contributed by atoms with Crippen LogP contribution in [-0.4, -0.2) is 0 Å². The zero-order valence-corrected chi connectivity index (χ0v) is 7.93. The third kappa shape index (κ3) is 1.87. The van der Waals surface area contributed by atoms with E-state index in [4.69, 9.17) is 10.7 Å². The lowest BCUT2D eigenvalue weighted by Gasteiger charge is -1.95. The van der Waals surface area contributed by atoms with Crippen molar-refractivity contribution in [3.63, 3.8) is 0 Å². The van der Waals surface area contributed by atoms with Crippen LogP contribution in [0.25, 0.3) is 0 Å². The molecule has 0 aromatic heterocycles. The predicted molar refractivity (Wildman–Crippen MR) is 45.8 cm³/mol. The van der Waals surface area contributed by atoms with Crippen molar-refractivity contribution in [3.8, 4) is 0 Å². The van der Waals surface area contributed by atoms with E-state index in [0.29, 0.717) is 4.90 Å². The van der Waals surface area contributed by atoms with Gasteiger partial charge in [0, 0.05) is 4.47 Å². The summed E-state index contributed by atoms with van der Waals surface area (Å²) in [4.78, 5) is 0.449. The molecule has 0 radical (unpaired) electrons. The van der Waals surface area contributed by atoms with Gasteiger partial charge in [-0.25, -0.2) is 4.39 Å². The van der Waals surface area contributed by atoms with Crippen LogP contribution in [0.4, 0.5) is 4.39 Å². The van der Waals surface area contributed by atoms with Gasteiger partial charge in [-0.3, -0.25) is 0 Å². The molecular weight excluding hydrogens is 238 g/mol. The first-order valence-corrected chi connectivity index (χ1v) is 4.91. The van der Waals surface area contributed by atoms with E-state index in [2.05, 4.69) is 15.9 Å². The Morgan fingerprint density at radius 3 is 2.70 bits per heavy atom. The summed E-state index contributed by atoms with van der Waals surface area (Å²) in [6.07, 6.45) is 0. The summed E-state index contributed by atoms with van der Waals surface area (Å²) in [6, 6.07) is 4.75. The van der Waals surface area contributed by atoms with Crippen molar-refractivity contribution in [1.29, 1.82) is 0 Å². The van der Waals surface area contributed by atoms with Gasteiger partial charge in [-0.2, -0.15) is 0 Å². The minimum Gasteiger partial charge on any atom is -0.206 e. The Balaban J connectivity index is 3.07. The van der Waals surface area contributed by atoms with E-state index in [-0.39, 0.29) is 5.82 Å². The SMILES string of the molecule is Fc1cc(Br)ccc1SCl. The summed E-state index contributed by atoms with van der Waals surface area (Å²) < 4.78 is 13.4. The van der Waals surface area contributed by atoms with Gasteiger partial charge in [0.2, 0.25) is 0 Å². The molecule has 1 aromatic carbocycles. The van der Waals surface area contributed by atoms with Crippen molar-refractivity contribution in [3.05, 3.63) is 28.5 Å². The van der Waals surface area contributed by atoms with Crippen LogP contribution in [0, 0.1) is 5.82 Å². The second-order valence-corrected chi connectivity index (χ2v) is 3.62. The lowest BCUT2D eigenvalue weighted by Crippen LogP contribution is -1.76. The van der Waals surface area contributed by atoms with E-state index >= 15 is 0 Å². The molecule has 0 heterocycles. The summed E-state index contributed by atoms with van der Waals surface area (Å²) in [7, 11) is 6.23. The Morgan fingerprint density at radius 2 is 2.20 bits per heavy atom. The molecule has 0 saturated heterocycles. The van der Waals surface area contributed by atoms with Crippen LogP contribution in [0.1, 0.15) is 0 Å². The molecule has 1 aromatic rings. The highest BCUT2D eigenvalue weighted by atomic mass is 79.9. The van der Waals surface area contributed by atoms with Gasteiger partial charge in [-0.05, 0) is 39.9 Å². The van der Waals surface area contributed by atoms with Gasteiger partial charge in [0.15, 0.2) is 0 Å². The Hall–Kier alpha value is 0.270. The summed E-state index contributed by atoms with van der Waals surface area (Å²) in [6.45, 7) is 0. The lowest BCUT2D eigenvalue weighted by atomic mass is 10.3. The minimum atomic E-state index is -0.297. The largest absolute Gasteiger partial charge is 0.206 e. The molecule has 0 aliphatic carbocycles. The summed E-state index contributed by atoms with van der Waals surface area (Å²) >= 11 is 3.13. The van der Waals surface area contributed by atoms with Gasteiger partial charge < -0.3 is 0 Å². The van der Waals surface area contributed by atoms with E-state index in [0.717, 1.165) is 15.4 Å². The van der Waals surface area contributed by atoms with Crippen LogP contribution >= 0.6 is 37.6 Å². The topological polar surface area (TPSA) is 0 Å². The molecule has 0 fully saturated rings. The molecule has 0 unspecified atom stereocenters. The molecule has 0 spiro atoms. The quantitative estimate of drug-likeness (QED) is 0.720. The van der Waals surface area contributed by atoms with Crippen molar-refractivity contribution in [2.24, 2.45) is 0 Å². The average Bonchev–Trinajstić information content (AvgIpc) is 1.88. The number of hydrogen-bond donors (Lipinski definition) is 0. The van der Waals surface area contributed by atoms with Crippen LogP contribution < -0.4 is 0 Å². The molecular formula is C6H3BrClFS. The smallest absolute Gasteiger partial charge is 0.139 e. The summed E-state index contributed by atoms with van der Waals surface area (Å²) in [5, 5.41) is 0. The normalized spacial score (nSPS) is 9.90. The Kier molecular flexibility index (Phi) is 3.01. The Morgan fingerprint density at radius 1 is 1.50 bits per heavy atom. The van der Waals surface area contributed by atoms with Gasteiger partial charge in [-0.1, -0.05) is 15.9 Å². The van der Waals surface area contributed by atoms with Gasteiger partial charge in [0.25, 0.3) is 0 Å². The van der Waals surface area contributed by atoms with Crippen LogP contribution in [0.2, 0.25) is 0 Å². The van der Waals surface area contributed by atoms with E-state index in [1.807, 2.05) is 0 Å². The standard InChI is InChI=1S/C6H3BrClFS/c7-4-1-2-6(10-8)5(9)3-4/h1-3H. The predicted octanol–water partition coefficient (Wildman–Crippen LogP) is 3.83. The van der Waals surface area contributed by atoms with Gasteiger partial charge in [-0.15, -0.1) is 0 Å². The van der Waals surface area contributed by atoms with Crippen molar-refractivity contribution in [1.82, 2.24) is 0 Å². The van der Waals surface area contributed by atoms with E-state index in [1.165, 1.54) is 6.07 Å². The fourth-order valence-corrected chi connectivity index (χ4v) is 1.50. The molecule has 10 heavy (non-hydrogen) atoms. The molecule has 54 valence electrons. The van der Waals surface area contributed by atoms with Crippen LogP contribution in [0.15, 0.2) is 27.6 Å².